The summed E-state index contributed by atoms with van der Waals surface area (Å²) in [4.78, 5) is 31.6. The van der Waals surface area contributed by atoms with Crippen LogP contribution in [0.3, 0.4) is 0 Å². The van der Waals surface area contributed by atoms with Gasteiger partial charge in [0.15, 0.2) is 0 Å². The van der Waals surface area contributed by atoms with Gasteiger partial charge in [0.05, 0.1) is 18.1 Å². The summed E-state index contributed by atoms with van der Waals surface area (Å²) in [5.74, 6) is 0.177. The Kier molecular flexibility index (Phi) is 4.94. The molecular weight excluding hydrogens is 410 g/mol. The van der Waals surface area contributed by atoms with E-state index in [4.69, 9.17) is 4.74 Å². The summed E-state index contributed by atoms with van der Waals surface area (Å²) in [7, 11) is 1.64. The molecule has 1 aliphatic rings. The van der Waals surface area contributed by atoms with E-state index in [0.29, 0.717) is 23.7 Å². The van der Waals surface area contributed by atoms with E-state index in [2.05, 4.69) is 30.7 Å². The minimum absolute atomic E-state index is 0.0206. The van der Waals surface area contributed by atoms with Crippen LogP contribution in [0.4, 0.5) is 5.69 Å². The molecule has 3 heterocycles. The second-order valence-corrected chi connectivity index (χ2v) is 7.41. The van der Waals surface area contributed by atoms with Crippen LogP contribution in [0.25, 0.3) is 10.8 Å². The van der Waals surface area contributed by atoms with Crippen LogP contribution in [-0.4, -0.2) is 56.9 Å². The molecule has 10 nitrogen and oxygen atoms in total. The van der Waals surface area contributed by atoms with Gasteiger partial charge >= 0.3 is 0 Å². The molecule has 0 fully saturated rings. The van der Waals surface area contributed by atoms with Crippen LogP contribution in [0.2, 0.25) is 0 Å². The van der Waals surface area contributed by atoms with Crippen LogP contribution in [0.1, 0.15) is 22.0 Å². The molecular formula is C22H19N7O3. The molecule has 160 valence electrons. The highest BCUT2D eigenvalue weighted by Crippen LogP contribution is 2.37. The topological polar surface area (TPSA) is 126 Å². The molecule has 0 unspecified atom stereocenters. The highest BCUT2D eigenvalue weighted by atomic mass is 16.5. The molecule has 2 amide bonds. The van der Waals surface area contributed by atoms with Crippen molar-refractivity contribution in [2.24, 2.45) is 0 Å². The van der Waals surface area contributed by atoms with Crippen LogP contribution >= 0.6 is 0 Å². The zero-order valence-corrected chi connectivity index (χ0v) is 17.1. The van der Waals surface area contributed by atoms with E-state index >= 15 is 0 Å². The number of benzene rings is 2. The van der Waals surface area contributed by atoms with Gasteiger partial charge in [-0.05, 0) is 17.7 Å². The Morgan fingerprint density at radius 1 is 1.19 bits per heavy atom. The first-order valence-corrected chi connectivity index (χ1v) is 10.00. The number of nitrogens with zero attached hydrogens (tertiary/aromatic N) is 5. The lowest BCUT2D eigenvalue weighted by atomic mass is 10.1. The maximum absolute atomic E-state index is 13.1. The first kappa shape index (κ1) is 19.6. The summed E-state index contributed by atoms with van der Waals surface area (Å²) in [5, 5.41) is 18.8. The molecule has 2 N–H and O–H groups in total. The molecule has 0 radical (unpaired) electrons. The molecule has 10 heteroatoms. The van der Waals surface area contributed by atoms with Crippen LogP contribution in [-0.2, 0) is 11.2 Å². The van der Waals surface area contributed by atoms with Crippen molar-refractivity contribution < 1.29 is 14.3 Å². The van der Waals surface area contributed by atoms with E-state index in [0.717, 1.165) is 16.3 Å². The van der Waals surface area contributed by atoms with Crippen molar-refractivity contribution in [3.05, 3.63) is 72.1 Å². The molecule has 2 aromatic carbocycles. The first-order chi connectivity index (χ1) is 15.6. The van der Waals surface area contributed by atoms with Gasteiger partial charge in [-0.3, -0.25) is 14.7 Å². The lowest BCUT2D eigenvalue weighted by molar-refractivity contribution is -0.120. The van der Waals surface area contributed by atoms with Crippen molar-refractivity contribution in [1.29, 1.82) is 0 Å². The standard InChI is InChI=1S/C22H19N7O3/c1-29-19-15-11-24-23-10-14(15)7-8-17(19)32-12-16(22(29)31)25-21(30)20-26-18(27-28-20)9-13-5-3-2-4-6-13/h2-8,10-11,16H,9,12H2,1H3,(H,25,30)(H,26,27,28)/t16-/m0/s1. The maximum atomic E-state index is 13.1. The molecule has 1 aliphatic heterocycles. The third-order valence-electron chi connectivity index (χ3n) is 5.29. The maximum Gasteiger partial charge on any atom is 0.291 e. The summed E-state index contributed by atoms with van der Waals surface area (Å²) in [6, 6.07) is 12.4. The Bertz CT molecular complexity index is 1310. The Labute approximate surface area is 182 Å². The fourth-order valence-corrected chi connectivity index (χ4v) is 3.68. The normalized spacial score (nSPS) is 15.7. The predicted octanol–water partition coefficient (Wildman–Crippen LogP) is 1.49. The summed E-state index contributed by atoms with van der Waals surface area (Å²) in [6.45, 7) is -0.0206. The average Bonchev–Trinajstić information content (AvgIpc) is 3.25. The van der Waals surface area contributed by atoms with Crippen molar-refractivity contribution in [1.82, 2.24) is 30.7 Å². The number of hydrogen-bond donors (Lipinski definition) is 2. The molecule has 0 saturated heterocycles. The van der Waals surface area contributed by atoms with Crippen molar-refractivity contribution in [3.63, 3.8) is 0 Å². The summed E-state index contributed by atoms with van der Waals surface area (Å²) in [5.41, 5.74) is 1.63. The molecule has 0 aliphatic carbocycles. The van der Waals surface area contributed by atoms with Crippen molar-refractivity contribution in [3.8, 4) is 5.75 Å². The number of likely N-dealkylation sites (N-methyl/N-ethyl adjacent to an activating group) is 1. The van der Waals surface area contributed by atoms with Crippen LogP contribution < -0.4 is 15.0 Å². The van der Waals surface area contributed by atoms with E-state index in [1.807, 2.05) is 36.4 Å². The van der Waals surface area contributed by atoms with Gasteiger partial charge in [0.2, 0.25) is 5.82 Å². The molecule has 5 rings (SSSR count). The van der Waals surface area contributed by atoms with E-state index in [1.54, 1.807) is 25.5 Å². The molecule has 0 bridgehead atoms. The fraction of sp³-hybridized carbons (Fsp3) is 0.182. The van der Waals surface area contributed by atoms with Gasteiger partial charge in [-0.2, -0.15) is 10.2 Å². The molecule has 4 aromatic rings. The Morgan fingerprint density at radius 3 is 2.84 bits per heavy atom. The van der Waals surface area contributed by atoms with Crippen molar-refractivity contribution >= 4 is 28.3 Å². The Morgan fingerprint density at radius 2 is 2.00 bits per heavy atom. The molecule has 32 heavy (non-hydrogen) atoms. The smallest absolute Gasteiger partial charge is 0.291 e. The lowest BCUT2D eigenvalue weighted by Gasteiger charge is -2.21. The third-order valence-corrected chi connectivity index (χ3v) is 5.29. The zero-order valence-electron chi connectivity index (χ0n) is 17.1. The second-order valence-electron chi connectivity index (χ2n) is 7.41. The van der Waals surface area contributed by atoms with Gasteiger partial charge in [-0.15, -0.1) is 5.10 Å². The number of amides is 2. The number of aromatic amines is 1. The summed E-state index contributed by atoms with van der Waals surface area (Å²) < 4.78 is 5.86. The first-order valence-electron chi connectivity index (χ1n) is 10.00. The van der Waals surface area contributed by atoms with Crippen molar-refractivity contribution in [2.45, 2.75) is 12.5 Å². The monoisotopic (exact) mass is 429 g/mol. The van der Waals surface area contributed by atoms with Gasteiger partial charge in [-0.25, -0.2) is 4.98 Å². The van der Waals surface area contributed by atoms with Gasteiger partial charge in [0.25, 0.3) is 11.8 Å². The van der Waals surface area contributed by atoms with E-state index in [9.17, 15) is 9.59 Å². The molecule has 2 aromatic heterocycles. The summed E-state index contributed by atoms with van der Waals surface area (Å²) >= 11 is 0. The van der Waals surface area contributed by atoms with Gasteiger partial charge in [0, 0.05) is 24.2 Å². The highest BCUT2D eigenvalue weighted by molar-refractivity contribution is 6.08. The number of carbonyl (C=O) groups is 2. The van der Waals surface area contributed by atoms with E-state index in [-0.39, 0.29) is 18.3 Å². The van der Waals surface area contributed by atoms with Crippen LogP contribution in [0.15, 0.2) is 54.9 Å². The number of carbonyl (C=O) groups excluding carboxylic acids is 2. The fourth-order valence-electron chi connectivity index (χ4n) is 3.68. The third kappa shape index (κ3) is 3.62. The number of H-pyrrole nitrogens is 1. The van der Waals surface area contributed by atoms with Gasteiger partial charge in [0.1, 0.15) is 24.2 Å². The minimum atomic E-state index is -0.902. The lowest BCUT2D eigenvalue weighted by Crippen LogP contribution is -2.49. The number of rotatable bonds is 4. The minimum Gasteiger partial charge on any atom is -0.489 e. The number of hydrogen-bond acceptors (Lipinski definition) is 7. The Balaban J connectivity index is 1.33. The van der Waals surface area contributed by atoms with Gasteiger partial charge < -0.3 is 15.0 Å². The van der Waals surface area contributed by atoms with Crippen LogP contribution in [0, 0.1) is 0 Å². The zero-order chi connectivity index (χ0) is 22.1. The Hall–Kier alpha value is -4.34. The quantitative estimate of drug-likeness (QED) is 0.503. The number of aromatic nitrogens is 5. The van der Waals surface area contributed by atoms with Gasteiger partial charge in [-0.1, -0.05) is 30.3 Å². The predicted molar refractivity (Wildman–Crippen MR) is 115 cm³/mol. The second kappa shape index (κ2) is 8.06. The molecule has 0 saturated carbocycles. The number of anilines is 1. The highest BCUT2D eigenvalue weighted by Gasteiger charge is 2.32. The largest absolute Gasteiger partial charge is 0.489 e. The van der Waals surface area contributed by atoms with E-state index in [1.165, 1.54) is 4.90 Å². The molecule has 1 atom stereocenters. The number of fused-ring (bicyclic) bond motifs is 3. The van der Waals surface area contributed by atoms with Crippen LogP contribution in [0.5, 0.6) is 5.75 Å². The van der Waals surface area contributed by atoms with E-state index < -0.39 is 11.9 Å². The average molecular weight is 429 g/mol. The number of ether oxygens (including phenoxy) is 1. The van der Waals surface area contributed by atoms with Crippen molar-refractivity contribution in [2.75, 3.05) is 18.6 Å². The SMILES string of the molecule is CN1C(=O)[C@@H](NC(=O)c2n[nH]c(Cc3ccccc3)n2)COc2ccc3cnncc3c21. The number of nitrogens with one attached hydrogen (secondary N) is 2. The summed E-state index contributed by atoms with van der Waals surface area (Å²) in [6.07, 6.45) is 3.72. The molecule has 0 spiro atoms.